The Labute approximate surface area is 276 Å². The first-order valence-electron chi connectivity index (χ1n) is 17.8. The molecule has 4 aliphatic carbocycles. The molecule has 2 heterocycles. The van der Waals surface area contributed by atoms with E-state index in [1.165, 1.54) is 0 Å². The molecule has 264 valence electrons. The van der Waals surface area contributed by atoms with Crippen molar-refractivity contribution in [2.24, 2.45) is 47.2 Å². The fourth-order valence-corrected chi connectivity index (χ4v) is 9.59. The molecule has 2 saturated heterocycles. The number of piperidine rings is 1. The summed E-state index contributed by atoms with van der Waals surface area (Å²) in [5.74, 6) is -2.96. The SMILES string of the molecule is NC1CC(CC[C@]2(O)[C@H](O)[C@@H](CO)O[C@H](OC3CCCC4C(=O)[C@@H]5C=C(CC6CCCC(CO)C6)C=C(O)[C@H]5C(=O)C34)[C@@H]2O)CCN1. The Kier molecular flexibility index (Phi) is 10.9. The van der Waals surface area contributed by atoms with Crippen molar-refractivity contribution in [2.45, 2.75) is 120 Å². The van der Waals surface area contributed by atoms with Gasteiger partial charge in [0.1, 0.15) is 35.5 Å². The molecule has 0 aromatic carbocycles. The van der Waals surface area contributed by atoms with Crippen LogP contribution in [-0.4, -0.2) is 104 Å². The van der Waals surface area contributed by atoms with Crippen molar-refractivity contribution >= 4 is 11.6 Å². The number of Topliss-reactive ketones (excluding diaryl/α,β-unsaturated/α-hetero) is 2. The molecule has 14 atom stereocenters. The molecule has 2 aliphatic heterocycles. The van der Waals surface area contributed by atoms with E-state index in [4.69, 9.17) is 15.2 Å². The fraction of sp³-hybridized carbons (Fsp3) is 0.829. The lowest BCUT2D eigenvalue weighted by Gasteiger charge is -2.50. The lowest BCUT2D eigenvalue weighted by molar-refractivity contribution is -0.346. The zero-order valence-corrected chi connectivity index (χ0v) is 27.2. The van der Waals surface area contributed by atoms with Gasteiger partial charge < -0.3 is 51.2 Å². The molecule has 3 saturated carbocycles. The zero-order valence-electron chi connectivity index (χ0n) is 27.2. The summed E-state index contributed by atoms with van der Waals surface area (Å²) in [6.45, 7) is 0.272. The number of aliphatic hydroxyl groups is 6. The van der Waals surface area contributed by atoms with E-state index in [0.29, 0.717) is 44.4 Å². The van der Waals surface area contributed by atoms with Gasteiger partial charge in [0.25, 0.3) is 0 Å². The van der Waals surface area contributed by atoms with Crippen LogP contribution >= 0.6 is 0 Å². The van der Waals surface area contributed by atoms with E-state index in [-0.39, 0.29) is 48.4 Å². The minimum Gasteiger partial charge on any atom is -0.512 e. The lowest BCUT2D eigenvalue weighted by Crippen LogP contribution is -2.68. The van der Waals surface area contributed by atoms with Crippen molar-refractivity contribution in [3.63, 3.8) is 0 Å². The number of nitrogens with one attached hydrogen (secondary N) is 1. The van der Waals surface area contributed by atoms with Crippen LogP contribution in [0.1, 0.15) is 77.0 Å². The van der Waals surface area contributed by atoms with Crippen LogP contribution in [0.15, 0.2) is 23.5 Å². The van der Waals surface area contributed by atoms with Crippen molar-refractivity contribution in [1.29, 1.82) is 0 Å². The summed E-state index contributed by atoms with van der Waals surface area (Å²) < 4.78 is 12.1. The van der Waals surface area contributed by atoms with Gasteiger partial charge in [0, 0.05) is 12.5 Å². The van der Waals surface area contributed by atoms with Gasteiger partial charge in [-0.1, -0.05) is 25.3 Å². The predicted octanol–water partition coefficient (Wildman–Crippen LogP) is 0.978. The molecular formula is C35H54N2O10. The Morgan fingerprint density at radius 2 is 1.72 bits per heavy atom. The van der Waals surface area contributed by atoms with E-state index in [0.717, 1.165) is 44.2 Å². The first-order chi connectivity index (χ1) is 22.5. The Morgan fingerprint density at radius 3 is 2.47 bits per heavy atom. The van der Waals surface area contributed by atoms with Crippen molar-refractivity contribution in [2.75, 3.05) is 19.8 Å². The highest BCUT2D eigenvalue weighted by Crippen LogP contribution is 2.48. The molecule has 6 rings (SSSR count). The van der Waals surface area contributed by atoms with Crippen molar-refractivity contribution in [1.82, 2.24) is 5.32 Å². The molecule has 5 fully saturated rings. The largest absolute Gasteiger partial charge is 0.512 e. The highest BCUT2D eigenvalue weighted by atomic mass is 16.7. The summed E-state index contributed by atoms with van der Waals surface area (Å²) in [7, 11) is 0. The minimum atomic E-state index is -2.04. The van der Waals surface area contributed by atoms with Gasteiger partial charge in [-0.2, -0.15) is 0 Å². The van der Waals surface area contributed by atoms with Crippen LogP contribution in [0, 0.1) is 41.4 Å². The smallest absolute Gasteiger partial charge is 0.187 e. The summed E-state index contributed by atoms with van der Waals surface area (Å²) in [6, 6.07) is 0. The van der Waals surface area contributed by atoms with Gasteiger partial charge in [-0.05, 0) is 93.7 Å². The van der Waals surface area contributed by atoms with Gasteiger partial charge in [-0.25, -0.2) is 0 Å². The molecule has 0 aromatic heterocycles. The molecule has 0 amide bonds. The van der Waals surface area contributed by atoms with Gasteiger partial charge in [0.15, 0.2) is 12.1 Å². The van der Waals surface area contributed by atoms with Gasteiger partial charge in [-0.3, -0.25) is 9.59 Å². The van der Waals surface area contributed by atoms with Crippen LogP contribution in [0.2, 0.25) is 0 Å². The second-order valence-corrected chi connectivity index (χ2v) is 15.2. The first kappa shape index (κ1) is 35.1. The molecule has 0 bridgehead atoms. The summed E-state index contributed by atoms with van der Waals surface area (Å²) in [6.07, 6.45) is 4.74. The highest BCUT2D eigenvalue weighted by Gasteiger charge is 2.59. The van der Waals surface area contributed by atoms with Crippen LogP contribution in [0.4, 0.5) is 0 Å². The molecule has 0 aromatic rings. The summed E-state index contributed by atoms with van der Waals surface area (Å²) in [5.41, 5.74) is 4.85. The van der Waals surface area contributed by atoms with Gasteiger partial charge in [0.2, 0.25) is 0 Å². The molecule has 12 heteroatoms. The van der Waals surface area contributed by atoms with Crippen LogP contribution < -0.4 is 11.1 Å². The minimum absolute atomic E-state index is 0.0270. The Balaban J connectivity index is 1.17. The van der Waals surface area contributed by atoms with E-state index in [1.807, 2.05) is 6.08 Å². The number of fused-ring (bicyclic) bond motifs is 2. The third kappa shape index (κ3) is 7.00. The van der Waals surface area contributed by atoms with E-state index < -0.39 is 66.6 Å². The topological polar surface area (TPSA) is 212 Å². The normalized spacial score (nSPS) is 45.9. The van der Waals surface area contributed by atoms with Crippen molar-refractivity contribution < 1.29 is 49.7 Å². The van der Waals surface area contributed by atoms with E-state index in [1.54, 1.807) is 6.08 Å². The molecule has 12 nitrogen and oxygen atoms in total. The molecular weight excluding hydrogens is 608 g/mol. The van der Waals surface area contributed by atoms with E-state index in [2.05, 4.69) is 5.32 Å². The number of carbonyl (C=O) groups is 2. The fourth-order valence-electron chi connectivity index (χ4n) is 9.59. The van der Waals surface area contributed by atoms with Crippen LogP contribution in [0.5, 0.6) is 0 Å². The zero-order chi connectivity index (χ0) is 33.5. The average Bonchev–Trinajstić information content (AvgIpc) is 3.06. The number of aliphatic hydroxyl groups excluding tert-OH is 5. The van der Waals surface area contributed by atoms with Crippen molar-refractivity contribution in [3.8, 4) is 0 Å². The standard InChI is InChI=1S/C35H54N2O10/c36-27-15-18(8-10-37-27)7-9-35(45)32(43)26(17-39)47-34(33(35)44)46-25-6-2-5-22-29(25)31(42)28-23(30(22)41)13-21(14-24(28)40)12-19-3-1-4-20(11-19)16-38/h13-14,18-20,22-23,25-29,32-34,37-40,43-45H,1-12,15-17,36H2/t18?,19?,20?,22?,23-,25?,26-,27?,28+,29?,32-,33+,34+,35+/m1/s1. The van der Waals surface area contributed by atoms with Gasteiger partial charge in [0.05, 0.1) is 36.6 Å². The van der Waals surface area contributed by atoms with Gasteiger partial charge in [-0.15, -0.1) is 0 Å². The number of rotatable bonds is 9. The van der Waals surface area contributed by atoms with E-state index in [9.17, 15) is 40.2 Å². The average molecular weight is 663 g/mol. The number of ether oxygens (including phenoxy) is 2. The maximum absolute atomic E-state index is 14.1. The Hall–Kier alpha value is -1.74. The monoisotopic (exact) mass is 662 g/mol. The number of hydrogen-bond donors (Lipinski definition) is 8. The number of hydrogen-bond acceptors (Lipinski definition) is 12. The second-order valence-electron chi connectivity index (χ2n) is 15.2. The predicted molar refractivity (Wildman–Crippen MR) is 169 cm³/mol. The summed E-state index contributed by atoms with van der Waals surface area (Å²) >= 11 is 0. The van der Waals surface area contributed by atoms with Crippen LogP contribution in [-0.2, 0) is 19.1 Å². The molecule has 47 heavy (non-hydrogen) atoms. The molecule has 9 N–H and O–H groups in total. The molecule has 0 radical (unpaired) electrons. The highest BCUT2D eigenvalue weighted by molar-refractivity contribution is 6.02. The third-order valence-corrected chi connectivity index (χ3v) is 12.2. The van der Waals surface area contributed by atoms with E-state index >= 15 is 0 Å². The maximum atomic E-state index is 14.1. The number of ketones is 2. The van der Waals surface area contributed by atoms with Crippen LogP contribution in [0.25, 0.3) is 0 Å². The summed E-state index contributed by atoms with van der Waals surface area (Å²) in [5, 5.41) is 68.1. The van der Waals surface area contributed by atoms with Crippen LogP contribution in [0.3, 0.4) is 0 Å². The molecule has 7 unspecified atom stereocenters. The van der Waals surface area contributed by atoms with Gasteiger partial charge >= 0.3 is 0 Å². The van der Waals surface area contributed by atoms with Crippen molar-refractivity contribution in [3.05, 3.63) is 23.5 Å². The quantitative estimate of drug-likeness (QED) is 0.174. The second kappa shape index (κ2) is 14.6. The maximum Gasteiger partial charge on any atom is 0.187 e. The lowest BCUT2D eigenvalue weighted by atomic mass is 9.59. The number of allylic oxidation sites excluding steroid dienone is 4. The Bertz CT molecular complexity index is 1210. The number of nitrogens with two attached hydrogens (primary N) is 1. The Morgan fingerprint density at radius 1 is 0.957 bits per heavy atom. The first-order valence-corrected chi connectivity index (χ1v) is 17.8. The summed E-state index contributed by atoms with van der Waals surface area (Å²) in [4.78, 5) is 28.1. The molecule has 0 spiro atoms. The number of carbonyl (C=O) groups excluding carboxylic acids is 2. The third-order valence-electron chi connectivity index (χ3n) is 12.2. The molecule has 6 aliphatic rings.